The van der Waals surface area contributed by atoms with Gasteiger partial charge >= 0.3 is 0 Å². The van der Waals surface area contributed by atoms with Crippen LogP contribution in [0.3, 0.4) is 0 Å². The molecule has 0 amide bonds. The minimum absolute atomic E-state index is 0.108. The van der Waals surface area contributed by atoms with Crippen LogP contribution in [0.4, 0.5) is 4.39 Å². The lowest BCUT2D eigenvalue weighted by atomic mass is 10.5. The molecule has 0 radical (unpaired) electrons. The van der Waals surface area contributed by atoms with Crippen LogP contribution in [0, 0.1) is 0 Å². The Kier molecular flexibility index (Phi) is 6.92. The van der Waals surface area contributed by atoms with E-state index in [9.17, 15) is 4.39 Å². The Morgan fingerprint density at radius 2 is 1.78 bits per heavy atom. The Balaban J connectivity index is 3.09. The lowest BCUT2D eigenvalue weighted by molar-refractivity contribution is 0.485. The van der Waals surface area contributed by atoms with Crippen molar-refractivity contribution in [2.75, 3.05) is 6.67 Å². The van der Waals surface area contributed by atoms with Crippen molar-refractivity contribution in [1.82, 2.24) is 0 Å². The van der Waals surface area contributed by atoms with Crippen molar-refractivity contribution in [3.8, 4) is 0 Å². The fourth-order valence-electron chi connectivity index (χ4n) is 1.06. The van der Waals surface area contributed by atoms with Crippen LogP contribution in [-0.2, 0) is 0 Å². The normalized spacial score (nSPS) is 9.67. The van der Waals surface area contributed by atoms with E-state index in [1.165, 1.54) is 15.8 Å². The maximum Gasteiger partial charge on any atom is 0.261 e. The topological polar surface area (TPSA) is 0 Å². The molecule has 0 aliphatic carbocycles. The second kappa shape index (κ2) is 6.58. The smallest absolute Gasteiger partial charge is 0.251 e. The first-order chi connectivity index (χ1) is 4.35. The molecule has 0 aromatic heterocycles. The zero-order valence-electron chi connectivity index (χ0n) is 6.49. The van der Waals surface area contributed by atoms with Crippen LogP contribution in [0.2, 0.25) is 15.8 Å². The Morgan fingerprint density at radius 3 is 2.11 bits per heavy atom. The van der Waals surface area contributed by atoms with E-state index in [1.54, 1.807) is 0 Å². The maximum absolute atomic E-state index is 11.6. The number of halogens is 1. The first-order valence-corrected chi connectivity index (χ1v) is 6.36. The van der Waals surface area contributed by atoms with Crippen molar-refractivity contribution in [3.05, 3.63) is 0 Å². The summed E-state index contributed by atoms with van der Waals surface area (Å²) >= 11 is -0.450. The predicted octanol–water partition coefficient (Wildman–Crippen LogP) is 2.88. The Labute approximate surface area is 61.8 Å². The zero-order chi connectivity index (χ0) is 7.11. The minimum Gasteiger partial charge on any atom is -0.251 e. The third-order valence-corrected chi connectivity index (χ3v) is 5.43. The largest absolute Gasteiger partial charge is 0.261 e. The van der Waals surface area contributed by atoms with Gasteiger partial charge in [0, 0.05) is 0 Å². The molecule has 0 N–H and O–H groups in total. The van der Waals surface area contributed by atoms with Crippen LogP contribution < -0.4 is 0 Å². The van der Waals surface area contributed by atoms with Gasteiger partial charge in [-0.05, 0) is 6.42 Å². The molecule has 0 fully saturated rings. The molecular weight excluding hydrogens is 130 g/mol. The second-order valence-electron chi connectivity index (χ2n) is 2.51. The average Bonchev–Trinajstić information content (AvgIpc) is 1.91. The summed E-state index contributed by atoms with van der Waals surface area (Å²) in [4.78, 5) is 0. The number of alkyl halides is 1. The Hall–Kier alpha value is 0.462. The average molecular weight is 146 g/mol. The quantitative estimate of drug-likeness (QED) is 0.523. The van der Waals surface area contributed by atoms with Gasteiger partial charge in [0.15, 0.2) is 0 Å². The summed E-state index contributed by atoms with van der Waals surface area (Å²) in [6, 6.07) is 0. The molecule has 0 nitrogen and oxygen atoms in total. The molecule has 0 rings (SSSR count). The maximum atomic E-state index is 11.6. The summed E-state index contributed by atoms with van der Waals surface area (Å²) in [6.45, 7) is 4.36. The molecule has 9 heavy (non-hydrogen) atoms. The van der Waals surface area contributed by atoms with Gasteiger partial charge in [-0.3, -0.25) is 4.39 Å². The van der Waals surface area contributed by atoms with Crippen molar-refractivity contribution >= 4 is 14.1 Å². The van der Waals surface area contributed by atoms with Crippen molar-refractivity contribution in [3.63, 3.8) is 0 Å². The summed E-state index contributed by atoms with van der Waals surface area (Å²) in [7, 11) is 0. The fourth-order valence-corrected chi connectivity index (χ4v) is 3.19. The monoisotopic (exact) mass is 146 g/mol. The van der Waals surface area contributed by atoms with Gasteiger partial charge in [0.1, 0.15) is 0 Å². The van der Waals surface area contributed by atoms with Gasteiger partial charge in [-0.2, -0.15) is 0 Å². The molecule has 0 atom stereocenters. The van der Waals surface area contributed by atoms with Gasteiger partial charge < -0.3 is 0 Å². The Morgan fingerprint density at radius 1 is 1.22 bits per heavy atom. The summed E-state index contributed by atoms with van der Waals surface area (Å²) < 4.78 is 11.6. The van der Waals surface area contributed by atoms with Crippen molar-refractivity contribution in [1.29, 1.82) is 0 Å². The molecule has 0 saturated heterocycles. The van der Waals surface area contributed by atoms with Gasteiger partial charge in [0.05, 0.1) is 6.67 Å². The van der Waals surface area contributed by atoms with E-state index >= 15 is 0 Å². The predicted molar refractivity (Wildman–Crippen MR) is 42.1 cm³/mol. The highest BCUT2D eigenvalue weighted by atomic mass is 27.2. The first-order valence-electron chi connectivity index (χ1n) is 3.91. The number of hydrogen-bond acceptors (Lipinski definition) is 0. The van der Waals surface area contributed by atoms with Crippen LogP contribution in [0.25, 0.3) is 0 Å². The Bertz CT molecular complexity index is 52.9. The molecule has 0 aromatic carbocycles. The second-order valence-corrected chi connectivity index (χ2v) is 6.46. The van der Waals surface area contributed by atoms with Gasteiger partial charge in [0.25, 0.3) is 14.1 Å². The van der Waals surface area contributed by atoms with E-state index in [1.807, 2.05) is 0 Å². The molecule has 0 aliphatic heterocycles. The highest BCUT2D eigenvalue weighted by Gasteiger charge is 2.09. The van der Waals surface area contributed by atoms with Crippen LogP contribution >= 0.6 is 0 Å². The number of hydrogen-bond donors (Lipinski definition) is 0. The summed E-state index contributed by atoms with van der Waals surface area (Å²) in [5, 5.41) is 3.90. The van der Waals surface area contributed by atoms with E-state index < -0.39 is 14.1 Å². The molecular formula is C7H16AlF. The van der Waals surface area contributed by atoms with E-state index in [-0.39, 0.29) is 6.67 Å². The third kappa shape index (κ3) is 4.94. The lowest BCUT2D eigenvalue weighted by Crippen LogP contribution is -2.08. The SMILES string of the molecule is C[CH2][Al]([CH2]C)[CH2]CCF. The summed E-state index contributed by atoms with van der Waals surface area (Å²) in [5.74, 6) is 0. The van der Waals surface area contributed by atoms with Crippen LogP contribution in [0.15, 0.2) is 0 Å². The molecule has 0 heterocycles. The molecule has 0 unspecified atom stereocenters. The summed E-state index contributed by atoms with van der Waals surface area (Å²) in [5.41, 5.74) is 0. The van der Waals surface area contributed by atoms with Gasteiger partial charge in [-0.25, -0.2) is 0 Å². The standard InChI is InChI=1S/C3H6F.2C2H5.Al/c1-2-3-4;2*1-2;/h1-3H2;2*1H2,2H3;. The fraction of sp³-hybridized carbons (Fsp3) is 1.00. The molecule has 0 saturated carbocycles. The van der Waals surface area contributed by atoms with E-state index in [4.69, 9.17) is 0 Å². The molecule has 0 bridgehead atoms. The number of rotatable bonds is 5. The molecule has 0 spiro atoms. The van der Waals surface area contributed by atoms with Crippen molar-refractivity contribution < 1.29 is 4.39 Å². The van der Waals surface area contributed by atoms with Crippen LogP contribution in [-0.4, -0.2) is 20.8 Å². The summed E-state index contributed by atoms with van der Waals surface area (Å²) in [6.07, 6.45) is 0.818. The molecule has 2 heteroatoms. The van der Waals surface area contributed by atoms with E-state index in [0.29, 0.717) is 0 Å². The minimum atomic E-state index is -0.450. The van der Waals surface area contributed by atoms with Crippen molar-refractivity contribution in [2.24, 2.45) is 0 Å². The van der Waals surface area contributed by atoms with Crippen LogP contribution in [0.1, 0.15) is 20.3 Å². The highest BCUT2D eigenvalue weighted by Crippen LogP contribution is 2.06. The zero-order valence-corrected chi connectivity index (χ0v) is 7.65. The first kappa shape index (κ1) is 9.46. The van der Waals surface area contributed by atoms with Crippen LogP contribution in [0.5, 0.6) is 0 Å². The molecule has 0 aromatic rings. The van der Waals surface area contributed by atoms with Gasteiger partial charge in [-0.1, -0.05) is 29.7 Å². The highest BCUT2D eigenvalue weighted by molar-refractivity contribution is 6.58. The van der Waals surface area contributed by atoms with Crippen molar-refractivity contribution in [2.45, 2.75) is 36.1 Å². The van der Waals surface area contributed by atoms with Gasteiger partial charge in [0.2, 0.25) is 0 Å². The molecule has 54 valence electrons. The van der Waals surface area contributed by atoms with E-state index in [0.717, 1.165) is 6.42 Å². The van der Waals surface area contributed by atoms with Gasteiger partial charge in [-0.15, -0.1) is 0 Å². The third-order valence-electron chi connectivity index (χ3n) is 1.90. The lowest BCUT2D eigenvalue weighted by Gasteiger charge is -2.02. The molecule has 0 aliphatic rings. The van der Waals surface area contributed by atoms with E-state index in [2.05, 4.69) is 13.8 Å².